The van der Waals surface area contributed by atoms with Crippen LogP contribution >= 0.6 is 11.6 Å². The molecule has 2 N–H and O–H groups in total. The minimum Gasteiger partial charge on any atom is -0.343 e. The second-order valence-electron chi connectivity index (χ2n) is 14.2. The summed E-state index contributed by atoms with van der Waals surface area (Å²) < 4.78 is 0. The quantitative estimate of drug-likeness (QED) is 0.370. The molecule has 0 unspecified atom stereocenters. The van der Waals surface area contributed by atoms with Gasteiger partial charge in [0.25, 0.3) is 5.91 Å². The highest BCUT2D eigenvalue weighted by atomic mass is 35.5. The predicted molar refractivity (Wildman–Crippen MR) is 196 cm³/mol. The van der Waals surface area contributed by atoms with Crippen LogP contribution in [0.1, 0.15) is 29.5 Å². The number of nitrogens with one attached hydrogen (secondary N) is 2. The Kier molecular flexibility index (Phi) is 10.3. The molecule has 4 aliphatic heterocycles. The Morgan fingerprint density at radius 2 is 1.53 bits per heavy atom. The van der Waals surface area contributed by atoms with Crippen LogP contribution in [-0.2, 0) is 38.6 Å². The van der Waals surface area contributed by atoms with Crippen LogP contribution in [0, 0.1) is 0 Å². The largest absolute Gasteiger partial charge is 0.343 e. The molecule has 7 rings (SSSR count). The Bertz CT molecular complexity index is 1740. The van der Waals surface area contributed by atoms with E-state index in [2.05, 4.69) is 26.5 Å². The number of likely N-dealkylation sites (tertiary alicyclic amines) is 1. The summed E-state index contributed by atoms with van der Waals surface area (Å²) in [4.78, 5) is 65.4. The second-order valence-corrected chi connectivity index (χ2v) is 14.7. The van der Waals surface area contributed by atoms with Gasteiger partial charge >= 0.3 is 0 Å². The predicted octanol–water partition coefficient (Wildman–Crippen LogP) is 2.52. The average molecular weight is 712 g/mol. The Balaban J connectivity index is 1.07. The number of anilines is 1. The van der Waals surface area contributed by atoms with Crippen molar-refractivity contribution in [3.63, 3.8) is 0 Å². The van der Waals surface area contributed by atoms with Crippen LogP contribution in [0.25, 0.3) is 0 Å². The number of hydrogen-bond acceptors (Lipinski definition) is 7. The molecule has 2 atom stereocenters. The van der Waals surface area contributed by atoms with E-state index < -0.39 is 17.6 Å². The summed E-state index contributed by atoms with van der Waals surface area (Å²) in [6.07, 6.45) is 1.67. The van der Waals surface area contributed by atoms with Crippen molar-refractivity contribution in [3.8, 4) is 0 Å². The fourth-order valence-corrected chi connectivity index (χ4v) is 8.05. The van der Waals surface area contributed by atoms with Crippen LogP contribution in [0.4, 0.5) is 5.69 Å². The number of hydrogen-bond donors (Lipinski definition) is 2. The van der Waals surface area contributed by atoms with Crippen molar-refractivity contribution >= 4 is 40.9 Å². The molecule has 268 valence electrons. The number of amides is 4. The van der Waals surface area contributed by atoms with Crippen molar-refractivity contribution in [2.24, 2.45) is 0 Å². The lowest BCUT2D eigenvalue weighted by Gasteiger charge is -2.44. The highest BCUT2D eigenvalue weighted by Gasteiger charge is 2.54. The maximum absolute atomic E-state index is 14.4. The molecule has 3 saturated heterocycles. The van der Waals surface area contributed by atoms with Gasteiger partial charge in [0.15, 0.2) is 0 Å². The maximum Gasteiger partial charge on any atom is 0.250 e. The van der Waals surface area contributed by atoms with E-state index in [1.807, 2.05) is 72.6 Å². The summed E-state index contributed by atoms with van der Waals surface area (Å²) in [6.45, 7) is 4.55. The first kappa shape index (κ1) is 35.0. The summed E-state index contributed by atoms with van der Waals surface area (Å²) in [5.74, 6) is -0.503. The summed E-state index contributed by atoms with van der Waals surface area (Å²) in [7, 11) is 2.05. The summed E-state index contributed by atoms with van der Waals surface area (Å²) in [6, 6.07) is 24.0. The third kappa shape index (κ3) is 7.47. The molecule has 3 aromatic carbocycles. The Morgan fingerprint density at radius 3 is 2.24 bits per heavy atom. The van der Waals surface area contributed by atoms with Crippen LogP contribution in [-0.4, -0.2) is 120 Å². The van der Waals surface area contributed by atoms with E-state index in [9.17, 15) is 19.2 Å². The summed E-state index contributed by atoms with van der Waals surface area (Å²) in [5, 5.41) is 7.02. The number of halogens is 1. The third-order valence-corrected chi connectivity index (χ3v) is 11.3. The second kappa shape index (κ2) is 15.0. The van der Waals surface area contributed by atoms with Crippen LogP contribution in [0.15, 0.2) is 78.9 Å². The molecule has 1 spiro atoms. The number of para-hydroxylation sites is 1. The van der Waals surface area contributed by atoms with E-state index in [1.165, 1.54) is 5.56 Å². The van der Waals surface area contributed by atoms with Gasteiger partial charge in [-0.15, -0.1) is 0 Å². The first-order chi connectivity index (χ1) is 24.7. The number of fused-ring (bicyclic) bond motifs is 1. The van der Waals surface area contributed by atoms with Gasteiger partial charge in [0, 0.05) is 62.9 Å². The molecule has 0 saturated carbocycles. The number of carbonyl (C=O) groups is 4. The number of rotatable bonds is 8. The van der Waals surface area contributed by atoms with Crippen LogP contribution in [0.3, 0.4) is 0 Å². The lowest BCUT2D eigenvalue weighted by Crippen LogP contribution is -2.61. The van der Waals surface area contributed by atoms with Gasteiger partial charge in [-0.3, -0.25) is 19.2 Å². The zero-order valence-corrected chi connectivity index (χ0v) is 29.9. The molecular weight excluding hydrogens is 666 g/mol. The highest BCUT2D eigenvalue weighted by molar-refractivity contribution is 6.30. The van der Waals surface area contributed by atoms with Gasteiger partial charge < -0.3 is 35.1 Å². The molecule has 4 aliphatic rings. The normalized spacial score (nSPS) is 21.1. The fourth-order valence-electron chi connectivity index (χ4n) is 7.93. The molecule has 0 bridgehead atoms. The van der Waals surface area contributed by atoms with Gasteiger partial charge in [-0.25, -0.2) is 0 Å². The lowest BCUT2D eigenvalue weighted by atomic mass is 9.85. The molecule has 0 aromatic heterocycles. The third-order valence-electron chi connectivity index (χ3n) is 11.0. The minimum atomic E-state index is -0.880. The molecular formula is C39H46ClN7O4. The van der Waals surface area contributed by atoms with Crippen molar-refractivity contribution in [2.75, 3.05) is 64.4 Å². The van der Waals surface area contributed by atoms with Gasteiger partial charge in [-0.1, -0.05) is 66.2 Å². The summed E-state index contributed by atoms with van der Waals surface area (Å²) in [5.41, 5.74) is 3.21. The first-order valence-electron chi connectivity index (χ1n) is 17.9. The molecule has 4 heterocycles. The zero-order chi connectivity index (χ0) is 35.5. The molecule has 11 nitrogen and oxygen atoms in total. The van der Waals surface area contributed by atoms with Gasteiger partial charge in [-0.2, -0.15) is 0 Å². The Hall–Kier alpha value is -4.45. The molecule has 51 heavy (non-hydrogen) atoms. The van der Waals surface area contributed by atoms with E-state index in [1.54, 1.807) is 21.9 Å². The standard InChI is InChI=1S/C39H46ClN7O4/c1-43-19-21-44(22-20-43)35(48)26-46-27-47(32-9-3-2-4-10-32)39(38(46)51)15-17-45(18-16-39)37(50)34(23-28-11-13-31(40)14-12-28)42-36(49)33-24-29-7-5-6-8-30(29)25-41-33/h2-14,33-34,41H,15-27H2,1H3,(H,42,49)/t33-,34-/m1/s1. The number of benzene rings is 3. The van der Waals surface area contributed by atoms with E-state index in [-0.39, 0.29) is 30.2 Å². The van der Waals surface area contributed by atoms with E-state index in [0.717, 1.165) is 29.9 Å². The van der Waals surface area contributed by atoms with Crippen molar-refractivity contribution in [2.45, 2.75) is 49.9 Å². The maximum atomic E-state index is 14.4. The number of nitrogens with zero attached hydrogens (tertiary/aromatic N) is 5. The van der Waals surface area contributed by atoms with Crippen molar-refractivity contribution in [3.05, 3.63) is 101 Å². The van der Waals surface area contributed by atoms with Gasteiger partial charge in [-0.05, 0) is 67.3 Å². The van der Waals surface area contributed by atoms with E-state index in [0.29, 0.717) is 70.1 Å². The smallest absolute Gasteiger partial charge is 0.250 e. The Labute approximate surface area is 304 Å². The topological polar surface area (TPSA) is 109 Å². The first-order valence-corrected chi connectivity index (χ1v) is 18.3. The number of piperazine rings is 1. The molecule has 12 heteroatoms. The number of carbonyl (C=O) groups excluding carboxylic acids is 4. The van der Waals surface area contributed by atoms with Crippen LogP contribution in [0.5, 0.6) is 0 Å². The number of likely N-dealkylation sites (N-methyl/N-ethyl adjacent to an activating group) is 1. The summed E-state index contributed by atoms with van der Waals surface area (Å²) >= 11 is 6.16. The van der Waals surface area contributed by atoms with Crippen LogP contribution in [0.2, 0.25) is 5.02 Å². The number of piperidine rings is 1. The van der Waals surface area contributed by atoms with Crippen molar-refractivity contribution in [1.82, 2.24) is 30.2 Å². The van der Waals surface area contributed by atoms with E-state index >= 15 is 0 Å². The minimum absolute atomic E-state index is 0.0329. The molecule has 3 fully saturated rings. The molecule has 0 aliphatic carbocycles. The highest BCUT2D eigenvalue weighted by Crippen LogP contribution is 2.39. The van der Waals surface area contributed by atoms with Gasteiger partial charge in [0.1, 0.15) is 18.1 Å². The van der Waals surface area contributed by atoms with Crippen molar-refractivity contribution < 1.29 is 19.2 Å². The lowest BCUT2D eigenvalue weighted by molar-refractivity contribution is -0.143. The molecule has 4 amide bonds. The van der Waals surface area contributed by atoms with Gasteiger partial charge in [0.05, 0.1) is 12.7 Å². The molecule has 0 radical (unpaired) electrons. The van der Waals surface area contributed by atoms with Gasteiger partial charge in [0.2, 0.25) is 17.7 Å². The average Bonchev–Trinajstić information content (AvgIpc) is 3.41. The van der Waals surface area contributed by atoms with Crippen molar-refractivity contribution in [1.29, 1.82) is 0 Å². The van der Waals surface area contributed by atoms with E-state index in [4.69, 9.17) is 11.6 Å². The zero-order valence-electron chi connectivity index (χ0n) is 29.1. The molecule has 3 aromatic rings. The fraction of sp³-hybridized carbons (Fsp3) is 0.436. The monoisotopic (exact) mass is 711 g/mol. The van der Waals surface area contributed by atoms with Crippen LogP contribution < -0.4 is 15.5 Å². The Morgan fingerprint density at radius 1 is 0.863 bits per heavy atom. The SMILES string of the molecule is CN1CCN(C(=O)CN2CN(c3ccccc3)C3(CCN(C(=O)[C@@H](Cc4ccc(Cl)cc4)NC(=O)[C@H]4Cc5ccccc5CN4)CC3)C2=O)CC1.